The molecule has 0 atom stereocenters. The molecule has 0 fully saturated rings. The van der Waals surface area contributed by atoms with Gasteiger partial charge in [-0.15, -0.1) is 11.3 Å². The minimum Gasteiger partial charge on any atom is -0.210 e. The van der Waals surface area contributed by atoms with E-state index >= 15 is 0 Å². The fourth-order valence-corrected chi connectivity index (χ4v) is 3.80. The van der Waals surface area contributed by atoms with Crippen molar-refractivity contribution in [2.24, 2.45) is 0 Å². The molecule has 0 saturated carbocycles. The third kappa shape index (κ3) is 2.36. The molecule has 90 valence electrons. The van der Waals surface area contributed by atoms with Crippen LogP contribution in [0, 0.1) is 6.92 Å². The van der Waals surface area contributed by atoms with E-state index in [0.717, 1.165) is 20.1 Å². The first-order valence-electron chi connectivity index (χ1n) is 5.39. The summed E-state index contributed by atoms with van der Waals surface area (Å²) in [7, 11) is 0. The lowest BCUT2D eigenvalue weighted by Gasteiger charge is -2.02. The average Bonchev–Trinajstić information content (AvgIpc) is 2.71. The highest BCUT2D eigenvalue weighted by molar-refractivity contribution is 7.99. The van der Waals surface area contributed by atoms with Gasteiger partial charge in [0.2, 0.25) is 5.28 Å². The third-order valence-electron chi connectivity index (χ3n) is 2.41. The van der Waals surface area contributed by atoms with Crippen molar-refractivity contribution in [1.82, 2.24) is 9.97 Å². The fraction of sp³-hybridized carbons (Fsp3) is 0.0769. The maximum absolute atomic E-state index is 5.97. The second-order valence-corrected chi connectivity index (χ2v) is 6.42. The van der Waals surface area contributed by atoms with Gasteiger partial charge in [0.1, 0.15) is 9.86 Å². The first kappa shape index (κ1) is 12.0. The molecule has 0 bridgehead atoms. The van der Waals surface area contributed by atoms with Gasteiger partial charge in [-0.1, -0.05) is 30.0 Å². The molecule has 2 nitrogen and oxygen atoms in total. The minimum absolute atomic E-state index is 0.308. The molecule has 0 unspecified atom stereocenters. The van der Waals surface area contributed by atoms with Crippen molar-refractivity contribution in [2.45, 2.75) is 16.8 Å². The lowest BCUT2D eigenvalue weighted by molar-refractivity contribution is 1.11. The molecule has 0 aliphatic heterocycles. The van der Waals surface area contributed by atoms with Crippen molar-refractivity contribution in [2.75, 3.05) is 0 Å². The molecule has 0 aliphatic carbocycles. The molecule has 0 amide bonds. The molecule has 0 N–H and O–H groups in total. The number of fused-ring (bicyclic) bond motifs is 1. The van der Waals surface area contributed by atoms with Crippen LogP contribution in [0.15, 0.2) is 46.3 Å². The number of halogens is 1. The average molecular weight is 293 g/mol. The number of thiophene rings is 1. The Hall–Kier alpha value is -1.10. The first-order valence-corrected chi connectivity index (χ1v) is 7.40. The van der Waals surface area contributed by atoms with Crippen molar-refractivity contribution < 1.29 is 0 Å². The highest BCUT2D eigenvalue weighted by Crippen LogP contribution is 2.35. The summed E-state index contributed by atoms with van der Waals surface area (Å²) in [6.07, 6.45) is 0. The molecular formula is C13H9ClN2S2. The van der Waals surface area contributed by atoms with Crippen LogP contribution in [0.5, 0.6) is 0 Å². The zero-order valence-corrected chi connectivity index (χ0v) is 11.9. The predicted octanol–water partition coefficient (Wildman–Crippen LogP) is 4.80. The van der Waals surface area contributed by atoms with E-state index in [4.69, 9.17) is 11.6 Å². The van der Waals surface area contributed by atoms with Crippen molar-refractivity contribution in [1.29, 1.82) is 0 Å². The van der Waals surface area contributed by atoms with Gasteiger partial charge >= 0.3 is 0 Å². The lowest BCUT2D eigenvalue weighted by atomic mass is 10.4. The van der Waals surface area contributed by atoms with Crippen LogP contribution in [0.25, 0.3) is 10.2 Å². The maximum atomic E-state index is 5.97. The summed E-state index contributed by atoms with van der Waals surface area (Å²) >= 11 is 9.23. The number of benzene rings is 1. The number of hydrogen-bond acceptors (Lipinski definition) is 4. The van der Waals surface area contributed by atoms with Gasteiger partial charge in [0.15, 0.2) is 0 Å². The van der Waals surface area contributed by atoms with E-state index in [1.807, 2.05) is 18.2 Å². The summed E-state index contributed by atoms with van der Waals surface area (Å²) in [5.41, 5.74) is 0. The van der Waals surface area contributed by atoms with E-state index in [-0.39, 0.29) is 0 Å². The Bertz CT molecular complexity index is 695. The van der Waals surface area contributed by atoms with Crippen LogP contribution in [-0.4, -0.2) is 9.97 Å². The summed E-state index contributed by atoms with van der Waals surface area (Å²) in [6.45, 7) is 2.07. The molecule has 2 aromatic heterocycles. The smallest absolute Gasteiger partial charge is 0.210 e. The zero-order valence-electron chi connectivity index (χ0n) is 9.55. The minimum atomic E-state index is 0.308. The first-order chi connectivity index (χ1) is 8.72. The Morgan fingerprint density at radius 1 is 1.17 bits per heavy atom. The standard InChI is InChI=1S/C13H9ClN2S2/c1-8-7-10-11(17-8)15-13(14)16-12(10)18-9-5-3-2-4-6-9/h2-7H,1H3. The normalized spacial score (nSPS) is 11.0. The molecule has 0 spiro atoms. The molecule has 0 saturated heterocycles. The molecule has 0 aliphatic rings. The number of nitrogens with zero attached hydrogens (tertiary/aromatic N) is 2. The van der Waals surface area contributed by atoms with Gasteiger partial charge < -0.3 is 0 Å². The largest absolute Gasteiger partial charge is 0.224 e. The van der Waals surface area contributed by atoms with Gasteiger partial charge in [-0.2, -0.15) is 0 Å². The van der Waals surface area contributed by atoms with Gasteiger partial charge in [-0.3, -0.25) is 0 Å². The predicted molar refractivity (Wildman–Crippen MR) is 77.7 cm³/mol. The van der Waals surface area contributed by atoms with Crippen LogP contribution >= 0.6 is 34.7 Å². The molecule has 3 aromatic rings. The van der Waals surface area contributed by atoms with Crippen LogP contribution < -0.4 is 0 Å². The molecular weight excluding hydrogens is 284 g/mol. The van der Waals surface area contributed by atoms with E-state index in [0.29, 0.717) is 5.28 Å². The van der Waals surface area contributed by atoms with Crippen molar-refractivity contribution in [3.05, 3.63) is 46.6 Å². The van der Waals surface area contributed by atoms with Gasteiger partial charge in [0.25, 0.3) is 0 Å². The van der Waals surface area contributed by atoms with Crippen LogP contribution in [0.3, 0.4) is 0 Å². The topological polar surface area (TPSA) is 25.8 Å². The molecule has 2 heterocycles. The molecule has 0 radical (unpaired) electrons. The Labute approximate surface area is 118 Å². The summed E-state index contributed by atoms with van der Waals surface area (Å²) in [6, 6.07) is 12.3. The summed E-state index contributed by atoms with van der Waals surface area (Å²) in [4.78, 5) is 11.9. The lowest BCUT2D eigenvalue weighted by Crippen LogP contribution is -1.86. The quantitative estimate of drug-likeness (QED) is 0.501. The number of rotatable bonds is 2. The molecule has 1 aromatic carbocycles. The second kappa shape index (κ2) is 4.88. The SMILES string of the molecule is Cc1cc2c(Sc3ccccc3)nc(Cl)nc2s1. The van der Waals surface area contributed by atoms with Crippen LogP contribution in [0.2, 0.25) is 5.28 Å². The highest BCUT2D eigenvalue weighted by Gasteiger charge is 2.10. The summed E-state index contributed by atoms with van der Waals surface area (Å²) in [5, 5.41) is 2.30. The maximum Gasteiger partial charge on any atom is 0.224 e. The van der Waals surface area contributed by atoms with E-state index in [1.54, 1.807) is 23.1 Å². The van der Waals surface area contributed by atoms with Crippen molar-refractivity contribution in [3.8, 4) is 0 Å². The Morgan fingerprint density at radius 2 is 1.94 bits per heavy atom. The van der Waals surface area contributed by atoms with Gasteiger partial charge in [0.05, 0.1) is 0 Å². The molecule has 3 rings (SSSR count). The number of hydrogen-bond donors (Lipinski definition) is 0. The van der Waals surface area contributed by atoms with Crippen LogP contribution in [-0.2, 0) is 0 Å². The number of aryl methyl sites for hydroxylation is 1. The van der Waals surface area contributed by atoms with Crippen molar-refractivity contribution in [3.63, 3.8) is 0 Å². The Morgan fingerprint density at radius 3 is 2.72 bits per heavy atom. The van der Waals surface area contributed by atoms with Gasteiger partial charge in [0, 0.05) is 15.2 Å². The number of aromatic nitrogens is 2. The summed E-state index contributed by atoms with van der Waals surface area (Å²) < 4.78 is 0. The van der Waals surface area contributed by atoms with Gasteiger partial charge in [-0.05, 0) is 36.7 Å². The highest BCUT2D eigenvalue weighted by atomic mass is 35.5. The zero-order chi connectivity index (χ0) is 12.5. The van der Waals surface area contributed by atoms with E-state index in [2.05, 4.69) is 35.1 Å². The fourth-order valence-electron chi connectivity index (χ4n) is 1.67. The Kier molecular flexibility index (Phi) is 3.24. The second-order valence-electron chi connectivity index (χ2n) is 3.79. The van der Waals surface area contributed by atoms with E-state index in [9.17, 15) is 0 Å². The van der Waals surface area contributed by atoms with Crippen LogP contribution in [0.4, 0.5) is 0 Å². The third-order valence-corrected chi connectivity index (χ3v) is 4.54. The Balaban J connectivity index is 2.10. The van der Waals surface area contributed by atoms with E-state index < -0.39 is 0 Å². The molecule has 18 heavy (non-hydrogen) atoms. The monoisotopic (exact) mass is 292 g/mol. The van der Waals surface area contributed by atoms with Crippen molar-refractivity contribution >= 4 is 44.9 Å². The van der Waals surface area contributed by atoms with E-state index in [1.165, 1.54) is 4.88 Å². The van der Waals surface area contributed by atoms with Gasteiger partial charge in [-0.25, -0.2) is 9.97 Å². The van der Waals surface area contributed by atoms with Crippen LogP contribution in [0.1, 0.15) is 4.88 Å². The summed E-state index contributed by atoms with van der Waals surface area (Å²) in [5.74, 6) is 0. The molecule has 5 heteroatoms.